The Kier molecular flexibility index (Phi) is 4.09. The quantitative estimate of drug-likeness (QED) is 0.449. The van der Waals surface area contributed by atoms with Crippen LogP contribution in [0.5, 0.6) is 0 Å². The van der Waals surface area contributed by atoms with Crippen molar-refractivity contribution in [3.63, 3.8) is 0 Å². The van der Waals surface area contributed by atoms with Gasteiger partial charge in [-0.3, -0.25) is 0 Å². The van der Waals surface area contributed by atoms with Crippen LogP contribution in [0.1, 0.15) is 55.3 Å². The van der Waals surface area contributed by atoms with Crippen molar-refractivity contribution in [1.29, 1.82) is 0 Å². The van der Waals surface area contributed by atoms with Gasteiger partial charge in [0.25, 0.3) is 5.95 Å². The van der Waals surface area contributed by atoms with Gasteiger partial charge in [0.2, 0.25) is 0 Å². The maximum atomic E-state index is 14.4. The molecule has 0 amide bonds. The van der Waals surface area contributed by atoms with Gasteiger partial charge in [-0.25, -0.2) is 23.4 Å². The zero-order valence-electron chi connectivity index (χ0n) is 18.5. The summed E-state index contributed by atoms with van der Waals surface area (Å²) in [7, 11) is 0. The van der Waals surface area contributed by atoms with Crippen LogP contribution in [0.25, 0.3) is 17.2 Å². The summed E-state index contributed by atoms with van der Waals surface area (Å²) in [6.07, 6.45) is 5.40. The lowest BCUT2D eigenvalue weighted by atomic mass is 9.66. The van der Waals surface area contributed by atoms with Crippen LogP contribution in [0.3, 0.4) is 0 Å². The third-order valence-corrected chi connectivity index (χ3v) is 7.61. The SMILES string of the molecule is Cc1ccn(-c2nccc([C@]34CC[C@@H](c5cc(-c6c(F)cccc6F)nnc53)C4(C)C)n2)n1. The molecule has 2 atom stereocenters. The summed E-state index contributed by atoms with van der Waals surface area (Å²) in [5, 5.41) is 13.3. The number of aryl methyl sites for hydroxylation is 1. The van der Waals surface area contributed by atoms with Crippen molar-refractivity contribution in [3.05, 3.63) is 83.1 Å². The Bertz CT molecular complexity index is 1390. The van der Waals surface area contributed by atoms with Gasteiger partial charge in [-0.05, 0) is 67.0 Å². The molecule has 1 fully saturated rings. The van der Waals surface area contributed by atoms with Crippen molar-refractivity contribution >= 4 is 0 Å². The third kappa shape index (κ3) is 2.60. The average molecular weight is 444 g/mol. The molecular formula is C25H22F2N6. The number of rotatable bonds is 3. The van der Waals surface area contributed by atoms with E-state index in [4.69, 9.17) is 4.98 Å². The number of hydrogen-bond acceptors (Lipinski definition) is 5. The lowest BCUT2D eigenvalue weighted by Crippen LogP contribution is -2.38. The molecule has 0 unspecified atom stereocenters. The van der Waals surface area contributed by atoms with E-state index in [0.717, 1.165) is 35.5 Å². The second kappa shape index (κ2) is 6.73. The summed E-state index contributed by atoms with van der Waals surface area (Å²) in [6.45, 7) is 6.35. The molecular weight excluding hydrogens is 422 g/mol. The number of halogens is 2. The van der Waals surface area contributed by atoms with E-state index in [1.807, 2.05) is 31.3 Å². The normalized spacial score (nSPS) is 22.5. The number of hydrogen-bond donors (Lipinski definition) is 0. The van der Waals surface area contributed by atoms with Crippen molar-refractivity contribution in [2.24, 2.45) is 5.41 Å². The van der Waals surface area contributed by atoms with Gasteiger partial charge in [0.1, 0.15) is 11.6 Å². The lowest BCUT2D eigenvalue weighted by Gasteiger charge is -2.37. The molecule has 0 aliphatic heterocycles. The Balaban J connectivity index is 1.53. The van der Waals surface area contributed by atoms with Crippen LogP contribution in [0.2, 0.25) is 0 Å². The molecule has 2 bridgehead atoms. The fraction of sp³-hybridized carbons (Fsp3) is 0.320. The van der Waals surface area contributed by atoms with E-state index in [0.29, 0.717) is 5.95 Å². The Morgan fingerprint density at radius 1 is 1.06 bits per heavy atom. The minimum atomic E-state index is -0.642. The first-order valence-corrected chi connectivity index (χ1v) is 11.0. The largest absolute Gasteiger partial charge is 0.250 e. The highest BCUT2D eigenvalue weighted by Gasteiger charge is 2.65. The highest BCUT2D eigenvalue weighted by atomic mass is 19.1. The second-order valence-corrected chi connectivity index (χ2v) is 9.49. The fourth-order valence-electron chi connectivity index (χ4n) is 5.98. The van der Waals surface area contributed by atoms with E-state index in [1.54, 1.807) is 10.9 Å². The van der Waals surface area contributed by atoms with Crippen LogP contribution in [0.4, 0.5) is 8.78 Å². The molecule has 166 valence electrons. The van der Waals surface area contributed by atoms with Crippen molar-refractivity contribution in [2.45, 2.75) is 44.9 Å². The number of benzene rings is 1. The zero-order valence-corrected chi connectivity index (χ0v) is 18.5. The van der Waals surface area contributed by atoms with Gasteiger partial charge in [-0.15, -0.1) is 5.10 Å². The summed E-state index contributed by atoms with van der Waals surface area (Å²) < 4.78 is 30.6. The Labute approximate surface area is 189 Å². The number of fused-ring (bicyclic) bond motifs is 5. The van der Waals surface area contributed by atoms with Crippen molar-refractivity contribution < 1.29 is 8.78 Å². The molecule has 0 N–H and O–H groups in total. The Morgan fingerprint density at radius 2 is 1.85 bits per heavy atom. The molecule has 1 aromatic carbocycles. The topological polar surface area (TPSA) is 69.4 Å². The maximum Gasteiger partial charge on any atom is 0.250 e. The molecule has 8 heteroatoms. The minimum Gasteiger partial charge on any atom is -0.220 e. The first-order valence-electron chi connectivity index (χ1n) is 11.0. The first-order chi connectivity index (χ1) is 15.8. The smallest absolute Gasteiger partial charge is 0.220 e. The van der Waals surface area contributed by atoms with Gasteiger partial charge < -0.3 is 0 Å². The van der Waals surface area contributed by atoms with Crippen LogP contribution in [0, 0.1) is 24.0 Å². The van der Waals surface area contributed by atoms with Gasteiger partial charge in [-0.2, -0.15) is 10.2 Å². The van der Waals surface area contributed by atoms with Gasteiger partial charge in [0.15, 0.2) is 0 Å². The van der Waals surface area contributed by atoms with Crippen molar-refractivity contribution in [2.75, 3.05) is 0 Å². The summed E-state index contributed by atoms with van der Waals surface area (Å²) in [4.78, 5) is 9.33. The van der Waals surface area contributed by atoms with Crippen LogP contribution < -0.4 is 0 Å². The van der Waals surface area contributed by atoms with E-state index < -0.39 is 17.0 Å². The molecule has 6 nitrogen and oxygen atoms in total. The van der Waals surface area contributed by atoms with Crippen LogP contribution in [0.15, 0.2) is 48.8 Å². The highest BCUT2D eigenvalue weighted by molar-refractivity contribution is 5.64. The minimum absolute atomic E-state index is 0.138. The molecule has 2 aliphatic carbocycles. The predicted octanol–water partition coefficient (Wildman–Crippen LogP) is 4.91. The van der Waals surface area contributed by atoms with E-state index in [-0.39, 0.29) is 22.6 Å². The van der Waals surface area contributed by atoms with Crippen LogP contribution in [-0.4, -0.2) is 29.9 Å². The number of aromatic nitrogens is 6. The summed E-state index contributed by atoms with van der Waals surface area (Å²) >= 11 is 0. The molecule has 0 radical (unpaired) electrons. The molecule has 1 saturated carbocycles. The molecule has 6 rings (SSSR count). The molecule has 3 aromatic heterocycles. The van der Waals surface area contributed by atoms with Gasteiger partial charge >= 0.3 is 0 Å². The molecule has 4 aromatic rings. The van der Waals surface area contributed by atoms with Crippen molar-refractivity contribution in [1.82, 2.24) is 29.9 Å². The molecule has 3 heterocycles. The molecule has 0 spiro atoms. The standard InChI is InChI=1S/C25H22F2N6/c1-14-9-12-33(32-14)23-28-11-8-20(29-23)25-10-7-16(24(25,2)3)15-13-19(30-31-22(15)25)21-17(26)5-4-6-18(21)27/h4-6,8-9,11-13,16H,7,10H2,1-3H3/t16-,25+/m0/s1. The monoisotopic (exact) mass is 444 g/mol. The van der Waals surface area contributed by atoms with Gasteiger partial charge in [0.05, 0.1) is 33.8 Å². The van der Waals surface area contributed by atoms with E-state index in [2.05, 4.69) is 34.1 Å². The molecule has 33 heavy (non-hydrogen) atoms. The van der Waals surface area contributed by atoms with E-state index in [9.17, 15) is 8.78 Å². The average Bonchev–Trinajstić information content (AvgIpc) is 3.40. The number of nitrogens with zero attached hydrogens (tertiary/aromatic N) is 6. The first kappa shape index (κ1) is 20.1. The van der Waals surface area contributed by atoms with Gasteiger partial charge in [-0.1, -0.05) is 19.9 Å². The Morgan fingerprint density at radius 3 is 2.58 bits per heavy atom. The maximum absolute atomic E-state index is 14.4. The molecule has 0 saturated heterocycles. The van der Waals surface area contributed by atoms with E-state index in [1.165, 1.54) is 18.2 Å². The van der Waals surface area contributed by atoms with Gasteiger partial charge in [0, 0.05) is 12.4 Å². The Hall–Kier alpha value is -3.55. The third-order valence-electron chi connectivity index (χ3n) is 7.61. The highest BCUT2D eigenvalue weighted by Crippen LogP contribution is 2.69. The van der Waals surface area contributed by atoms with Crippen molar-refractivity contribution in [3.8, 4) is 17.2 Å². The fourth-order valence-corrected chi connectivity index (χ4v) is 5.98. The summed E-state index contributed by atoms with van der Waals surface area (Å²) in [6, 6.07) is 9.49. The summed E-state index contributed by atoms with van der Waals surface area (Å²) in [5.74, 6) is -0.602. The van der Waals surface area contributed by atoms with Crippen LogP contribution >= 0.6 is 0 Å². The lowest BCUT2D eigenvalue weighted by molar-refractivity contribution is 0.242. The van der Waals surface area contributed by atoms with E-state index >= 15 is 0 Å². The second-order valence-electron chi connectivity index (χ2n) is 9.49. The molecule has 2 aliphatic rings. The predicted molar refractivity (Wildman–Crippen MR) is 118 cm³/mol. The van der Waals surface area contributed by atoms with Crippen LogP contribution in [-0.2, 0) is 5.41 Å². The summed E-state index contributed by atoms with van der Waals surface area (Å²) in [5.41, 5.74) is 2.99. The zero-order chi connectivity index (χ0) is 23.0.